The highest BCUT2D eigenvalue weighted by molar-refractivity contribution is 5.78. The molecule has 0 radical (unpaired) electrons. The van der Waals surface area contributed by atoms with Gasteiger partial charge in [-0.15, -0.1) is 0 Å². The molecule has 5 heteroatoms. The van der Waals surface area contributed by atoms with E-state index >= 15 is 0 Å². The van der Waals surface area contributed by atoms with Crippen LogP contribution in [-0.4, -0.2) is 49.9 Å². The van der Waals surface area contributed by atoms with Gasteiger partial charge in [0.2, 0.25) is 5.91 Å². The molecular weight excluding hydrogens is 316 g/mol. The third-order valence-electron chi connectivity index (χ3n) is 5.65. The summed E-state index contributed by atoms with van der Waals surface area (Å²) in [6.45, 7) is 3.74. The normalized spacial score (nSPS) is 27.8. The van der Waals surface area contributed by atoms with Gasteiger partial charge in [-0.05, 0) is 49.8 Å². The Balaban J connectivity index is 1.32. The number of fused-ring (bicyclic) bond motifs is 1. The maximum atomic E-state index is 12.6. The smallest absolute Gasteiger partial charge is 0.234 e. The first-order valence-corrected chi connectivity index (χ1v) is 9.62. The summed E-state index contributed by atoms with van der Waals surface area (Å²) in [7, 11) is 0. The molecular formula is C20H28N2O3. The van der Waals surface area contributed by atoms with E-state index in [2.05, 4.69) is 34.5 Å². The monoisotopic (exact) mass is 344 g/mol. The molecule has 1 aromatic carbocycles. The number of hydrogen-bond acceptors (Lipinski definition) is 4. The first-order chi connectivity index (χ1) is 12.3. The van der Waals surface area contributed by atoms with E-state index in [-0.39, 0.29) is 18.2 Å². The van der Waals surface area contributed by atoms with E-state index in [1.807, 2.05) is 0 Å². The van der Waals surface area contributed by atoms with Crippen molar-refractivity contribution in [3.8, 4) is 0 Å². The van der Waals surface area contributed by atoms with E-state index in [1.54, 1.807) is 0 Å². The highest BCUT2D eigenvalue weighted by Gasteiger charge is 2.32. The number of carbonyl (C=O) groups excluding carboxylic acids is 1. The van der Waals surface area contributed by atoms with Crippen LogP contribution in [0.15, 0.2) is 24.3 Å². The van der Waals surface area contributed by atoms with Crippen LogP contribution in [-0.2, 0) is 20.7 Å². The quantitative estimate of drug-likeness (QED) is 0.910. The average molecular weight is 344 g/mol. The Hall–Kier alpha value is -1.43. The number of carbonyl (C=O) groups is 1. The van der Waals surface area contributed by atoms with Crippen LogP contribution in [0.25, 0.3) is 0 Å². The average Bonchev–Trinajstić information content (AvgIpc) is 3.17. The second-order valence-corrected chi connectivity index (χ2v) is 7.46. The summed E-state index contributed by atoms with van der Waals surface area (Å²) in [4.78, 5) is 14.9. The molecule has 5 nitrogen and oxygen atoms in total. The lowest BCUT2D eigenvalue weighted by Crippen LogP contribution is -2.46. The van der Waals surface area contributed by atoms with Gasteiger partial charge in [-0.3, -0.25) is 9.69 Å². The molecule has 1 amide bonds. The second kappa shape index (κ2) is 7.85. The topological polar surface area (TPSA) is 50.8 Å². The lowest BCUT2D eigenvalue weighted by molar-refractivity contribution is -0.126. The minimum absolute atomic E-state index is 0.0731. The number of ether oxygens (including phenoxy) is 2. The minimum Gasteiger partial charge on any atom is -0.350 e. The molecule has 2 saturated heterocycles. The fourth-order valence-electron chi connectivity index (χ4n) is 4.45. The third kappa shape index (κ3) is 4.05. The zero-order valence-electron chi connectivity index (χ0n) is 14.8. The SMILES string of the molecule is O=C(CN1CCC[C@@H](C2OCCO2)C1)N[C@@H]1CCCc2ccccc21. The van der Waals surface area contributed by atoms with Gasteiger partial charge in [0.05, 0.1) is 25.8 Å². The van der Waals surface area contributed by atoms with Crippen molar-refractivity contribution in [2.45, 2.75) is 44.4 Å². The fourth-order valence-corrected chi connectivity index (χ4v) is 4.45. The van der Waals surface area contributed by atoms with Crippen molar-refractivity contribution >= 4 is 5.91 Å². The van der Waals surface area contributed by atoms with Crippen LogP contribution in [0.3, 0.4) is 0 Å². The second-order valence-electron chi connectivity index (χ2n) is 7.46. The van der Waals surface area contributed by atoms with Gasteiger partial charge in [-0.2, -0.15) is 0 Å². The molecule has 25 heavy (non-hydrogen) atoms. The Morgan fingerprint density at radius 1 is 1.16 bits per heavy atom. The van der Waals surface area contributed by atoms with Gasteiger partial charge in [0.15, 0.2) is 6.29 Å². The Bertz CT molecular complexity index is 600. The van der Waals surface area contributed by atoms with Crippen LogP contribution >= 0.6 is 0 Å². The molecule has 1 N–H and O–H groups in total. The maximum Gasteiger partial charge on any atom is 0.234 e. The van der Waals surface area contributed by atoms with Crippen molar-refractivity contribution in [3.05, 3.63) is 35.4 Å². The van der Waals surface area contributed by atoms with Gasteiger partial charge in [0, 0.05) is 12.5 Å². The summed E-state index contributed by atoms with van der Waals surface area (Å²) < 4.78 is 11.3. The maximum absolute atomic E-state index is 12.6. The molecule has 2 aliphatic heterocycles. The summed E-state index contributed by atoms with van der Waals surface area (Å²) >= 11 is 0. The zero-order valence-corrected chi connectivity index (χ0v) is 14.8. The molecule has 1 aromatic rings. The molecule has 0 spiro atoms. The van der Waals surface area contributed by atoms with Gasteiger partial charge in [0.25, 0.3) is 0 Å². The highest BCUT2D eigenvalue weighted by Crippen LogP contribution is 2.29. The fraction of sp³-hybridized carbons (Fsp3) is 0.650. The number of amides is 1. The van der Waals surface area contributed by atoms with E-state index < -0.39 is 0 Å². The number of aryl methyl sites for hydroxylation is 1. The van der Waals surface area contributed by atoms with Crippen LogP contribution in [0, 0.1) is 5.92 Å². The van der Waals surface area contributed by atoms with E-state index in [1.165, 1.54) is 11.1 Å². The molecule has 0 aromatic heterocycles. The highest BCUT2D eigenvalue weighted by atomic mass is 16.7. The number of rotatable bonds is 4. The molecule has 0 bridgehead atoms. The number of piperidine rings is 1. The van der Waals surface area contributed by atoms with Crippen LogP contribution in [0.4, 0.5) is 0 Å². The predicted molar refractivity (Wildman–Crippen MR) is 95.1 cm³/mol. The van der Waals surface area contributed by atoms with Crippen LogP contribution in [0.2, 0.25) is 0 Å². The molecule has 2 fully saturated rings. The largest absolute Gasteiger partial charge is 0.350 e. The molecule has 0 unspecified atom stereocenters. The van der Waals surface area contributed by atoms with E-state index in [4.69, 9.17) is 9.47 Å². The summed E-state index contributed by atoms with van der Waals surface area (Å²) in [5.41, 5.74) is 2.68. The molecule has 3 aliphatic rings. The molecule has 2 heterocycles. The first-order valence-electron chi connectivity index (χ1n) is 9.62. The van der Waals surface area contributed by atoms with Gasteiger partial charge in [-0.25, -0.2) is 0 Å². The van der Waals surface area contributed by atoms with Gasteiger partial charge in [0.1, 0.15) is 0 Å². The molecule has 0 saturated carbocycles. The standard InChI is InChI=1S/C20H28N2O3/c23-19(21-18-9-3-6-15-5-1-2-8-17(15)18)14-22-10-4-7-16(13-22)20-24-11-12-25-20/h1-2,5,8,16,18,20H,3-4,6-7,9-14H2,(H,21,23)/t16-,18-/m1/s1. The van der Waals surface area contributed by atoms with Crippen LogP contribution in [0.1, 0.15) is 42.9 Å². The number of nitrogens with one attached hydrogen (secondary N) is 1. The summed E-state index contributed by atoms with van der Waals surface area (Å²) in [6.07, 6.45) is 5.46. The van der Waals surface area contributed by atoms with Crippen molar-refractivity contribution in [2.75, 3.05) is 32.8 Å². The van der Waals surface area contributed by atoms with Crippen molar-refractivity contribution < 1.29 is 14.3 Å². The number of likely N-dealkylation sites (tertiary alicyclic amines) is 1. The van der Waals surface area contributed by atoms with Crippen molar-refractivity contribution in [2.24, 2.45) is 5.92 Å². The molecule has 2 atom stereocenters. The van der Waals surface area contributed by atoms with E-state index in [0.717, 1.165) is 45.2 Å². The third-order valence-corrected chi connectivity index (χ3v) is 5.65. The minimum atomic E-state index is -0.0731. The predicted octanol–water partition coefficient (Wildman–Crippen LogP) is 2.27. The Morgan fingerprint density at radius 2 is 2.00 bits per heavy atom. The Kier molecular flexibility index (Phi) is 5.34. The Morgan fingerprint density at radius 3 is 2.88 bits per heavy atom. The summed E-state index contributed by atoms with van der Waals surface area (Å²) in [5, 5.41) is 3.26. The van der Waals surface area contributed by atoms with Gasteiger partial charge < -0.3 is 14.8 Å². The van der Waals surface area contributed by atoms with Crippen LogP contribution in [0.5, 0.6) is 0 Å². The molecule has 136 valence electrons. The van der Waals surface area contributed by atoms with E-state index in [0.29, 0.717) is 25.7 Å². The van der Waals surface area contributed by atoms with Gasteiger partial charge >= 0.3 is 0 Å². The van der Waals surface area contributed by atoms with Crippen molar-refractivity contribution in [1.82, 2.24) is 10.2 Å². The van der Waals surface area contributed by atoms with Crippen molar-refractivity contribution in [1.29, 1.82) is 0 Å². The van der Waals surface area contributed by atoms with Gasteiger partial charge in [-0.1, -0.05) is 24.3 Å². The summed E-state index contributed by atoms with van der Waals surface area (Å²) in [6, 6.07) is 8.67. The zero-order chi connectivity index (χ0) is 17.1. The first kappa shape index (κ1) is 17.0. The van der Waals surface area contributed by atoms with Crippen LogP contribution < -0.4 is 5.32 Å². The lowest BCUT2D eigenvalue weighted by atomic mass is 9.88. The summed E-state index contributed by atoms with van der Waals surface area (Å²) in [5.74, 6) is 0.523. The Labute approximate surface area is 149 Å². The number of benzene rings is 1. The number of hydrogen-bond donors (Lipinski definition) is 1. The van der Waals surface area contributed by atoms with E-state index in [9.17, 15) is 4.79 Å². The molecule has 1 aliphatic carbocycles. The van der Waals surface area contributed by atoms with Crippen molar-refractivity contribution in [3.63, 3.8) is 0 Å². The number of nitrogens with zero attached hydrogens (tertiary/aromatic N) is 1. The molecule has 4 rings (SSSR count). The lowest BCUT2D eigenvalue weighted by Gasteiger charge is -2.34.